The number of aryl methyl sites for hydroxylation is 1. The maximum absolute atomic E-state index is 12.9. The summed E-state index contributed by atoms with van der Waals surface area (Å²) in [4.78, 5) is 37.5. The normalized spacial score (nSPS) is 17.8. The van der Waals surface area contributed by atoms with Gasteiger partial charge in [0.1, 0.15) is 11.3 Å². The van der Waals surface area contributed by atoms with Crippen LogP contribution in [-0.2, 0) is 0 Å². The van der Waals surface area contributed by atoms with Crippen molar-refractivity contribution in [3.63, 3.8) is 0 Å². The molecule has 3 aromatic rings. The first kappa shape index (κ1) is 15.6. The topological polar surface area (TPSA) is 83.4 Å². The standard InChI is InChI=1S/C18H19N5O2/c1-12-4-2-6-16-21-15(10-23(12)16)18(25)22-7-3-5-13(9-22)14-8-17(24)20-11-19-14/h2,4,6,8,10-11,13H,3,5,7,9H2,1H3,(H,19,20,24)/t13-/m0/s1. The second kappa shape index (κ2) is 6.16. The van der Waals surface area contributed by atoms with Gasteiger partial charge in [-0.05, 0) is 31.9 Å². The molecule has 1 aliphatic heterocycles. The van der Waals surface area contributed by atoms with E-state index in [1.165, 1.54) is 12.4 Å². The first-order valence-electron chi connectivity index (χ1n) is 8.40. The Morgan fingerprint density at radius 2 is 2.24 bits per heavy atom. The van der Waals surface area contributed by atoms with Gasteiger partial charge in [-0.1, -0.05) is 6.07 Å². The number of amides is 1. The zero-order chi connectivity index (χ0) is 17.4. The van der Waals surface area contributed by atoms with Gasteiger partial charge in [-0.25, -0.2) is 9.97 Å². The van der Waals surface area contributed by atoms with Gasteiger partial charge in [-0.3, -0.25) is 9.59 Å². The third-order valence-corrected chi connectivity index (χ3v) is 4.74. The quantitative estimate of drug-likeness (QED) is 0.772. The summed E-state index contributed by atoms with van der Waals surface area (Å²) in [6, 6.07) is 7.33. The van der Waals surface area contributed by atoms with Crippen LogP contribution in [0, 0.1) is 6.92 Å². The van der Waals surface area contributed by atoms with Gasteiger partial charge in [0.05, 0.1) is 12.0 Å². The van der Waals surface area contributed by atoms with Crippen molar-refractivity contribution < 1.29 is 4.79 Å². The van der Waals surface area contributed by atoms with Gasteiger partial charge >= 0.3 is 0 Å². The van der Waals surface area contributed by atoms with Crippen LogP contribution in [0.1, 0.15) is 40.6 Å². The number of hydrogen-bond donors (Lipinski definition) is 1. The summed E-state index contributed by atoms with van der Waals surface area (Å²) in [7, 11) is 0. The average molecular weight is 337 g/mol. The van der Waals surface area contributed by atoms with Crippen molar-refractivity contribution in [1.82, 2.24) is 24.3 Å². The lowest BCUT2D eigenvalue weighted by atomic mass is 9.94. The molecule has 0 aromatic carbocycles. The summed E-state index contributed by atoms with van der Waals surface area (Å²) in [6.45, 7) is 3.24. The average Bonchev–Trinajstić information content (AvgIpc) is 3.07. The first-order chi connectivity index (χ1) is 12.1. The van der Waals surface area contributed by atoms with E-state index < -0.39 is 0 Å². The molecule has 128 valence electrons. The molecular weight excluding hydrogens is 318 g/mol. The number of imidazole rings is 1. The van der Waals surface area contributed by atoms with E-state index in [9.17, 15) is 9.59 Å². The van der Waals surface area contributed by atoms with Crippen molar-refractivity contribution in [2.45, 2.75) is 25.7 Å². The molecule has 0 unspecified atom stereocenters. The summed E-state index contributed by atoms with van der Waals surface area (Å²) < 4.78 is 1.92. The van der Waals surface area contributed by atoms with Gasteiger partial charge in [-0.15, -0.1) is 0 Å². The van der Waals surface area contributed by atoms with Gasteiger partial charge in [0.15, 0.2) is 0 Å². The number of likely N-dealkylation sites (tertiary alicyclic amines) is 1. The number of carbonyl (C=O) groups excluding carboxylic acids is 1. The highest BCUT2D eigenvalue weighted by atomic mass is 16.2. The number of H-pyrrole nitrogens is 1. The highest BCUT2D eigenvalue weighted by Gasteiger charge is 2.27. The zero-order valence-electron chi connectivity index (χ0n) is 14.0. The lowest BCUT2D eigenvalue weighted by Crippen LogP contribution is -2.39. The molecule has 1 saturated heterocycles. The predicted molar refractivity (Wildman–Crippen MR) is 92.7 cm³/mol. The number of hydrogen-bond acceptors (Lipinski definition) is 4. The molecule has 1 fully saturated rings. The molecule has 1 N–H and O–H groups in total. The molecule has 1 amide bonds. The third-order valence-electron chi connectivity index (χ3n) is 4.74. The second-order valence-corrected chi connectivity index (χ2v) is 6.45. The van der Waals surface area contributed by atoms with E-state index >= 15 is 0 Å². The number of nitrogens with zero attached hydrogens (tertiary/aromatic N) is 4. The predicted octanol–water partition coefficient (Wildman–Crippen LogP) is 1.75. The number of aromatic amines is 1. The molecular formula is C18H19N5O2. The molecule has 0 spiro atoms. The monoisotopic (exact) mass is 337 g/mol. The lowest BCUT2D eigenvalue weighted by Gasteiger charge is -2.31. The van der Waals surface area contributed by atoms with E-state index in [1.54, 1.807) is 6.20 Å². The third kappa shape index (κ3) is 2.93. The first-order valence-corrected chi connectivity index (χ1v) is 8.40. The number of pyridine rings is 1. The minimum atomic E-state index is -0.163. The van der Waals surface area contributed by atoms with E-state index in [2.05, 4.69) is 15.0 Å². The van der Waals surface area contributed by atoms with Crippen LogP contribution >= 0.6 is 0 Å². The Bertz CT molecular complexity index is 990. The largest absolute Gasteiger partial charge is 0.337 e. The Morgan fingerprint density at radius 3 is 3.04 bits per heavy atom. The number of nitrogens with one attached hydrogen (secondary N) is 1. The Hall–Kier alpha value is -2.96. The number of rotatable bonds is 2. The summed E-state index contributed by atoms with van der Waals surface area (Å²) in [5.74, 6) is 0.0106. The van der Waals surface area contributed by atoms with Crippen LogP contribution < -0.4 is 5.56 Å². The molecule has 0 saturated carbocycles. The Balaban J connectivity index is 1.58. The Morgan fingerprint density at radius 1 is 1.36 bits per heavy atom. The van der Waals surface area contributed by atoms with E-state index in [1.807, 2.05) is 34.4 Å². The van der Waals surface area contributed by atoms with Crippen LogP contribution in [0.15, 0.2) is 41.6 Å². The van der Waals surface area contributed by atoms with E-state index in [0.717, 1.165) is 29.9 Å². The van der Waals surface area contributed by atoms with Crippen LogP contribution in [0.2, 0.25) is 0 Å². The van der Waals surface area contributed by atoms with Crippen LogP contribution in [-0.4, -0.2) is 43.2 Å². The second-order valence-electron chi connectivity index (χ2n) is 6.45. The minimum absolute atomic E-state index is 0.0716. The summed E-state index contributed by atoms with van der Waals surface area (Å²) in [5, 5.41) is 0. The lowest BCUT2D eigenvalue weighted by molar-refractivity contribution is 0.0700. The molecule has 0 radical (unpaired) electrons. The zero-order valence-corrected chi connectivity index (χ0v) is 14.0. The highest BCUT2D eigenvalue weighted by molar-refractivity contribution is 5.93. The Labute approximate surface area is 144 Å². The summed E-state index contributed by atoms with van der Waals surface area (Å²) in [5.41, 5.74) is 2.84. The van der Waals surface area contributed by atoms with Gasteiger partial charge < -0.3 is 14.3 Å². The molecule has 1 atom stereocenters. The minimum Gasteiger partial charge on any atom is -0.337 e. The maximum Gasteiger partial charge on any atom is 0.274 e. The molecule has 25 heavy (non-hydrogen) atoms. The fourth-order valence-electron chi connectivity index (χ4n) is 3.42. The van der Waals surface area contributed by atoms with Crippen LogP contribution in [0.5, 0.6) is 0 Å². The van der Waals surface area contributed by atoms with Crippen molar-refractivity contribution in [1.29, 1.82) is 0 Å². The fourth-order valence-corrected chi connectivity index (χ4v) is 3.42. The van der Waals surface area contributed by atoms with Gasteiger partial charge in [0.25, 0.3) is 11.5 Å². The molecule has 0 bridgehead atoms. The van der Waals surface area contributed by atoms with Gasteiger partial charge in [0, 0.05) is 37.0 Å². The van der Waals surface area contributed by atoms with Crippen LogP contribution in [0.4, 0.5) is 0 Å². The molecule has 4 heterocycles. The maximum atomic E-state index is 12.9. The van der Waals surface area contributed by atoms with E-state index in [4.69, 9.17) is 0 Å². The van der Waals surface area contributed by atoms with Crippen molar-refractivity contribution in [3.05, 3.63) is 64.2 Å². The highest BCUT2D eigenvalue weighted by Crippen LogP contribution is 2.25. The van der Waals surface area contributed by atoms with Crippen molar-refractivity contribution in [2.75, 3.05) is 13.1 Å². The smallest absolute Gasteiger partial charge is 0.274 e. The molecule has 1 aliphatic rings. The van der Waals surface area contributed by atoms with Gasteiger partial charge in [0.2, 0.25) is 0 Å². The summed E-state index contributed by atoms with van der Waals surface area (Å²) in [6.07, 6.45) is 5.02. The number of fused-ring (bicyclic) bond motifs is 1. The number of piperidine rings is 1. The van der Waals surface area contributed by atoms with Crippen molar-refractivity contribution >= 4 is 11.6 Å². The van der Waals surface area contributed by atoms with Crippen molar-refractivity contribution in [3.8, 4) is 0 Å². The molecule has 3 aromatic heterocycles. The van der Waals surface area contributed by atoms with Crippen LogP contribution in [0.25, 0.3) is 5.65 Å². The molecule has 7 nitrogen and oxygen atoms in total. The molecule has 0 aliphatic carbocycles. The number of carbonyl (C=O) groups is 1. The van der Waals surface area contributed by atoms with E-state index in [-0.39, 0.29) is 17.4 Å². The van der Waals surface area contributed by atoms with Crippen molar-refractivity contribution in [2.24, 2.45) is 0 Å². The van der Waals surface area contributed by atoms with Crippen LogP contribution in [0.3, 0.4) is 0 Å². The van der Waals surface area contributed by atoms with Gasteiger partial charge in [-0.2, -0.15) is 0 Å². The summed E-state index contributed by atoms with van der Waals surface area (Å²) >= 11 is 0. The SMILES string of the molecule is Cc1cccc2nc(C(=O)N3CCC[C@H](c4cc(=O)[nH]cn4)C3)cn12. The number of aromatic nitrogens is 4. The Kier molecular flexibility index (Phi) is 3.83. The molecule has 4 rings (SSSR count). The fraction of sp³-hybridized carbons (Fsp3) is 0.333. The molecule has 7 heteroatoms. The van der Waals surface area contributed by atoms with E-state index in [0.29, 0.717) is 18.8 Å².